The number of benzene rings is 2. The summed E-state index contributed by atoms with van der Waals surface area (Å²) in [5.74, 6) is 0.386. The number of halogens is 3. The van der Waals surface area contributed by atoms with Gasteiger partial charge in [0.05, 0.1) is 16.9 Å². The van der Waals surface area contributed by atoms with Crippen molar-refractivity contribution in [2.45, 2.75) is 24.0 Å². The van der Waals surface area contributed by atoms with Crippen LogP contribution < -0.4 is 5.43 Å². The van der Waals surface area contributed by atoms with Gasteiger partial charge in [-0.1, -0.05) is 41.6 Å². The molecule has 2 aromatic heterocycles. The molecule has 0 saturated heterocycles. The van der Waals surface area contributed by atoms with Crippen LogP contribution in [-0.4, -0.2) is 19.7 Å². The summed E-state index contributed by atoms with van der Waals surface area (Å²) in [5.41, 5.74) is 2.23. The van der Waals surface area contributed by atoms with Crippen LogP contribution >= 0.6 is 11.8 Å². The van der Waals surface area contributed by atoms with E-state index in [2.05, 4.69) is 15.1 Å². The Balaban J connectivity index is 1.55. The van der Waals surface area contributed by atoms with Crippen molar-refractivity contribution < 1.29 is 13.2 Å². The summed E-state index contributed by atoms with van der Waals surface area (Å²) < 4.78 is 39.7. The molecule has 32 heavy (non-hydrogen) atoms. The van der Waals surface area contributed by atoms with Crippen LogP contribution in [0, 0.1) is 6.92 Å². The molecule has 0 aliphatic rings. The van der Waals surface area contributed by atoms with E-state index in [1.165, 1.54) is 36.2 Å². The molecule has 2 aromatic carbocycles. The number of rotatable bonds is 5. The molecule has 4 aromatic rings. The molecule has 0 bridgehead atoms. The lowest BCUT2D eigenvalue weighted by atomic mass is 10.1. The molecule has 0 saturated carbocycles. The number of nitrogens with zero attached hydrogens (tertiary/aromatic N) is 4. The molecule has 4 rings (SSSR count). The first-order valence-corrected chi connectivity index (χ1v) is 10.6. The molecule has 0 aliphatic carbocycles. The summed E-state index contributed by atoms with van der Waals surface area (Å²) in [4.78, 5) is 21.0. The fourth-order valence-corrected chi connectivity index (χ4v) is 3.69. The summed E-state index contributed by atoms with van der Waals surface area (Å²) >= 11 is 1.26. The predicted molar refractivity (Wildman–Crippen MR) is 117 cm³/mol. The average Bonchev–Trinajstić information content (AvgIpc) is 2.78. The second-order valence-electron chi connectivity index (χ2n) is 7.02. The van der Waals surface area contributed by atoms with Gasteiger partial charge in [-0.25, -0.2) is 14.6 Å². The Morgan fingerprint density at radius 2 is 1.69 bits per heavy atom. The van der Waals surface area contributed by atoms with Gasteiger partial charge in [0.25, 0.3) is 0 Å². The van der Waals surface area contributed by atoms with E-state index in [-0.39, 0.29) is 11.1 Å². The zero-order chi connectivity index (χ0) is 22.7. The SMILES string of the molecule is Cc1ccc(-n2ccc(=O)c(-c3ccnc(SCc4ccc(C(F)(F)F)cc4)n3)n2)cc1. The van der Waals surface area contributed by atoms with E-state index in [1.54, 1.807) is 16.9 Å². The third-order valence-corrected chi connectivity index (χ3v) is 5.56. The van der Waals surface area contributed by atoms with Gasteiger partial charge in [-0.05, 0) is 42.8 Å². The number of hydrogen-bond donors (Lipinski definition) is 0. The van der Waals surface area contributed by atoms with Gasteiger partial charge in [-0.2, -0.15) is 18.3 Å². The summed E-state index contributed by atoms with van der Waals surface area (Å²) in [7, 11) is 0. The number of alkyl halides is 3. The van der Waals surface area contributed by atoms with Gasteiger partial charge in [0.15, 0.2) is 10.9 Å². The standard InChI is InChI=1S/C23H17F3N4OS/c1-15-2-8-18(9-3-15)30-13-11-20(31)21(29-30)19-10-12-27-22(28-19)32-14-16-4-6-17(7-5-16)23(24,25)26/h2-13H,14H2,1H3. The molecule has 0 spiro atoms. The first-order valence-electron chi connectivity index (χ1n) is 9.59. The van der Waals surface area contributed by atoms with Crippen LogP contribution in [0.25, 0.3) is 17.1 Å². The Morgan fingerprint density at radius 3 is 2.38 bits per heavy atom. The van der Waals surface area contributed by atoms with Crippen LogP contribution in [0.4, 0.5) is 13.2 Å². The fraction of sp³-hybridized carbons (Fsp3) is 0.130. The smallest absolute Gasteiger partial charge is 0.287 e. The molecule has 5 nitrogen and oxygen atoms in total. The Hall–Kier alpha value is -3.46. The Bertz CT molecular complexity index is 1290. The molecular weight excluding hydrogens is 437 g/mol. The Labute approximate surface area is 186 Å². The fourth-order valence-electron chi connectivity index (χ4n) is 2.91. The number of thioether (sulfide) groups is 1. The third kappa shape index (κ3) is 5.05. The summed E-state index contributed by atoms with van der Waals surface area (Å²) in [6.07, 6.45) is -1.24. The van der Waals surface area contributed by atoms with Crippen molar-refractivity contribution in [2.24, 2.45) is 0 Å². The maximum absolute atomic E-state index is 12.7. The van der Waals surface area contributed by atoms with Crippen LogP contribution in [0.3, 0.4) is 0 Å². The quantitative estimate of drug-likeness (QED) is 0.302. The summed E-state index contributed by atoms with van der Waals surface area (Å²) in [5, 5.41) is 4.83. The average molecular weight is 454 g/mol. The molecule has 0 fully saturated rings. The number of hydrogen-bond acceptors (Lipinski definition) is 5. The zero-order valence-corrected chi connectivity index (χ0v) is 17.7. The first kappa shape index (κ1) is 21.8. The van der Waals surface area contributed by atoms with Crippen molar-refractivity contribution in [3.63, 3.8) is 0 Å². The molecule has 2 heterocycles. The predicted octanol–water partition coefficient (Wildman–Crippen LogP) is 5.31. The van der Waals surface area contributed by atoms with E-state index in [0.29, 0.717) is 22.2 Å². The third-order valence-electron chi connectivity index (χ3n) is 4.63. The van der Waals surface area contributed by atoms with E-state index in [4.69, 9.17) is 0 Å². The molecule has 0 radical (unpaired) electrons. The van der Waals surface area contributed by atoms with E-state index in [1.807, 2.05) is 31.2 Å². The van der Waals surface area contributed by atoms with E-state index in [0.717, 1.165) is 23.4 Å². The normalized spacial score (nSPS) is 11.5. The van der Waals surface area contributed by atoms with Crippen LogP contribution in [0.15, 0.2) is 83.0 Å². The van der Waals surface area contributed by atoms with E-state index < -0.39 is 11.7 Å². The minimum absolute atomic E-state index is 0.187. The molecule has 0 aliphatic heterocycles. The number of aromatic nitrogens is 4. The largest absolute Gasteiger partial charge is 0.416 e. The van der Waals surface area contributed by atoms with Gasteiger partial charge >= 0.3 is 6.18 Å². The lowest BCUT2D eigenvalue weighted by Gasteiger charge is -2.09. The molecular formula is C23H17F3N4OS. The highest BCUT2D eigenvalue weighted by Gasteiger charge is 2.29. The summed E-state index contributed by atoms with van der Waals surface area (Å²) in [6, 6.07) is 15.7. The molecule has 0 N–H and O–H groups in total. The maximum Gasteiger partial charge on any atom is 0.416 e. The number of aryl methyl sites for hydroxylation is 1. The van der Waals surface area contributed by atoms with Crippen LogP contribution in [0.1, 0.15) is 16.7 Å². The Morgan fingerprint density at radius 1 is 0.969 bits per heavy atom. The van der Waals surface area contributed by atoms with E-state index in [9.17, 15) is 18.0 Å². The van der Waals surface area contributed by atoms with Gasteiger partial charge in [0.1, 0.15) is 0 Å². The van der Waals surface area contributed by atoms with Gasteiger partial charge in [-0.3, -0.25) is 4.79 Å². The molecule has 0 amide bonds. The lowest BCUT2D eigenvalue weighted by molar-refractivity contribution is -0.137. The Kier molecular flexibility index (Phi) is 6.09. The monoisotopic (exact) mass is 454 g/mol. The minimum Gasteiger partial charge on any atom is -0.287 e. The second kappa shape index (κ2) is 8.96. The minimum atomic E-state index is -4.36. The second-order valence-corrected chi connectivity index (χ2v) is 7.96. The molecule has 9 heteroatoms. The van der Waals surface area contributed by atoms with Gasteiger partial charge in [0, 0.05) is 24.2 Å². The molecule has 0 unspecified atom stereocenters. The highest BCUT2D eigenvalue weighted by Crippen LogP contribution is 2.30. The van der Waals surface area contributed by atoms with Gasteiger partial charge < -0.3 is 0 Å². The topological polar surface area (TPSA) is 60.7 Å². The zero-order valence-electron chi connectivity index (χ0n) is 16.9. The van der Waals surface area contributed by atoms with Crippen LogP contribution in [0.2, 0.25) is 0 Å². The molecule has 162 valence electrons. The van der Waals surface area contributed by atoms with Gasteiger partial charge in [-0.15, -0.1) is 0 Å². The van der Waals surface area contributed by atoms with Crippen molar-refractivity contribution in [1.82, 2.24) is 19.7 Å². The first-order chi connectivity index (χ1) is 15.3. The lowest BCUT2D eigenvalue weighted by Crippen LogP contribution is -2.13. The summed E-state index contributed by atoms with van der Waals surface area (Å²) in [6.45, 7) is 1.98. The maximum atomic E-state index is 12.7. The van der Waals surface area contributed by atoms with Crippen molar-refractivity contribution in [2.75, 3.05) is 0 Å². The van der Waals surface area contributed by atoms with Crippen LogP contribution in [0.5, 0.6) is 0 Å². The van der Waals surface area contributed by atoms with Crippen molar-refractivity contribution >= 4 is 11.8 Å². The highest BCUT2D eigenvalue weighted by atomic mass is 32.2. The van der Waals surface area contributed by atoms with Gasteiger partial charge in [0.2, 0.25) is 5.43 Å². The molecule has 0 atom stereocenters. The van der Waals surface area contributed by atoms with E-state index >= 15 is 0 Å². The van der Waals surface area contributed by atoms with Crippen molar-refractivity contribution in [1.29, 1.82) is 0 Å². The van der Waals surface area contributed by atoms with Crippen LogP contribution in [-0.2, 0) is 11.9 Å². The van der Waals surface area contributed by atoms with Crippen molar-refractivity contribution in [3.8, 4) is 17.1 Å². The van der Waals surface area contributed by atoms with Crippen molar-refractivity contribution in [3.05, 3.63) is 100.0 Å². The highest BCUT2D eigenvalue weighted by molar-refractivity contribution is 7.98.